The van der Waals surface area contributed by atoms with Crippen LogP contribution in [0.3, 0.4) is 0 Å². The number of carbonyl (C=O) groups excluding carboxylic acids is 1. The van der Waals surface area contributed by atoms with Crippen molar-refractivity contribution in [1.29, 1.82) is 0 Å². The van der Waals surface area contributed by atoms with Crippen molar-refractivity contribution in [3.8, 4) is 0 Å². The number of amides is 1. The van der Waals surface area contributed by atoms with Crippen molar-refractivity contribution in [2.45, 2.75) is 276 Å². The fourth-order valence-corrected chi connectivity index (χ4v) is 7.62. The van der Waals surface area contributed by atoms with E-state index in [1.54, 1.807) is 6.08 Å². The molecule has 0 saturated heterocycles. The van der Waals surface area contributed by atoms with Gasteiger partial charge in [0.1, 0.15) is 0 Å². The first-order valence-electron chi connectivity index (χ1n) is 25.4. The average Bonchev–Trinajstić information content (AvgIpc) is 3.22. The van der Waals surface area contributed by atoms with Gasteiger partial charge in [-0.3, -0.25) is 4.79 Å². The van der Waals surface area contributed by atoms with Gasteiger partial charge in [-0.2, -0.15) is 0 Å². The normalized spacial score (nSPS) is 13.3. The van der Waals surface area contributed by atoms with Crippen LogP contribution in [-0.2, 0) is 4.79 Å². The maximum atomic E-state index is 12.4. The third kappa shape index (κ3) is 45.3. The van der Waals surface area contributed by atoms with E-state index < -0.39 is 12.1 Å². The summed E-state index contributed by atoms with van der Waals surface area (Å²) in [5.74, 6) is -0.0791. The maximum absolute atomic E-state index is 12.4. The number of hydrogen-bond acceptors (Lipinski definition) is 3. The van der Waals surface area contributed by atoms with Gasteiger partial charge in [-0.05, 0) is 70.6 Å². The second-order valence-corrected chi connectivity index (χ2v) is 17.2. The molecule has 0 aliphatic rings. The number of unbranched alkanes of at least 4 members (excludes halogenated alkanes) is 33. The van der Waals surface area contributed by atoms with Crippen LogP contribution in [0.4, 0.5) is 0 Å². The van der Waals surface area contributed by atoms with Crippen molar-refractivity contribution in [1.82, 2.24) is 5.32 Å². The van der Waals surface area contributed by atoms with E-state index in [0.29, 0.717) is 6.42 Å². The Bertz CT molecular complexity index is 908. The van der Waals surface area contributed by atoms with Gasteiger partial charge in [0.05, 0.1) is 18.8 Å². The lowest BCUT2D eigenvalue weighted by molar-refractivity contribution is -0.123. The summed E-state index contributed by atoms with van der Waals surface area (Å²) in [5.41, 5.74) is 0. The van der Waals surface area contributed by atoms with Gasteiger partial charge in [0.15, 0.2) is 0 Å². The van der Waals surface area contributed by atoms with E-state index in [1.165, 1.54) is 205 Å². The van der Waals surface area contributed by atoms with Gasteiger partial charge < -0.3 is 15.5 Å². The zero-order valence-electron chi connectivity index (χ0n) is 38.4. The predicted octanol–water partition coefficient (Wildman–Crippen LogP) is 16.3. The summed E-state index contributed by atoms with van der Waals surface area (Å²) in [5, 5.41) is 23.1. The molecule has 334 valence electrons. The van der Waals surface area contributed by atoms with Crippen LogP contribution < -0.4 is 5.32 Å². The van der Waals surface area contributed by atoms with Gasteiger partial charge in [-0.15, -0.1) is 0 Å². The van der Waals surface area contributed by atoms with Gasteiger partial charge in [0, 0.05) is 6.42 Å². The molecule has 2 atom stereocenters. The number of aliphatic hydroxyl groups is 2. The molecule has 4 heteroatoms. The minimum absolute atomic E-state index is 0.0791. The molecule has 0 aromatic rings. The van der Waals surface area contributed by atoms with Gasteiger partial charge >= 0.3 is 0 Å². The molecule has 2 unspecified atom stereocenters. The molecule has 0 fully saturated rings. The second-order valence-electron chi connectivity index (χ2n) is 17.2. The summed E-state index contributed by atoms with van der Waals surface area (Å²) in [6, 6.07) is -0.647. The lowest BCUT2D eigenvalue weighted by Crippen LogP contribution is -2.45. The summed E-state index contributed by atoms with van der Waals surface area (Å²) < 4.78 is 0. The molecular formula is C53H99NO3. The number of allylic oxidation sites excluding steroid dienone is 7. The van der Waals surface area contributed by atoms with Crippen molar-refractivity contribution in [3.05, 3.63) is 48.6 Å². The highest BCUT2D eigenvalue weighted by Crippen LogP contribution is 2.15. The number of hydrogen-bond donors (Lipinski definition) is 3. The maximum Gasteiger partial charge on any atom is 0.220 e. The van der Waals surface area contributed by atoms with E-state index in [2.05, 4.69) is 55.6 Å². The molecule has 0 aliphatic carbocycles. The van der Waals surface area contributed by atoms with Crippen LogP contribution in [0.15, 0.2) is 48.6 Å². The molecule has 0 rings (SSSR count). The Hall–Kier alpha value is -1.65. The highest BCUT2D eigenvalue weighted by atomic mass is 16.3. The first kappa shape index (κ1) is 55.4. The molecule has 57 heavy (non-hydrogen) atoms. The van der Waals surface area contributed by atoms with Gasteiger partial charge in [0.2, 0.25) is 5.91 Å². The molecule has 0 heterocycles. The van der Waals surface area contributed by atoms with Gasteiger partial charge in [0.25, 0.3) is 0 Å². The average molecular weight is 798 g/mol. The van der Waals surface area contributed by atoms with E-state index in [-0.39, 0.29) is 12.5 Å². The van der Waals surface area contributed by atoms with Crippen LogP contribution in [0.25, 0.3) is 0 Å². The monoisotopic (exact) mass is 798 g/mol. The standard InChI is InChI=1S/C53H99NO3/c1-3-5-7-9-11-13-15-17-19-21-23-24-25-26-27-28-29-31-32-34-36-38-40-42-44-46-48-52(56)51(50-55)54-53(57)49-47-45-43-41-39-37-35-33-30-22-20-18-16-14-12-10-8-6-4-2/h18,20,31-32,38,40,46,48,51-52,55-56H,3-17,19,21-30,33-37,39,41-45,47,49-50H2,1-2H3,(H,54,57)/b20-18-,32-31+,40-38+,48-46+. The van der Waals surface area contributed by atoms with Crippen LogP contribution in [0.2, 0.25) is 0 Å². The molecule has 3 N–H and O–H groups in total. The largest absolute Gasteiger partial charge is 0.394 e. The lowest BCUT2D eigenvalue weighted by atomic mass is 10.0. The van der Waals surface area contributed by atoms with Crippen LogP contribution in [-0.4, -0.2) is 34.9 Å². The highest BCUT2D eigenvalue weighted by molar-refractivity contribution is 5.76. The molecule has 0 aliphatic heterocycles. The predicted molar refractivity (Wildman–Crippen MR) is 253 cm³/mol. The van der Waals surface area contributed by atoms with Gasteiger partial charge in [-0.1, -0.05) is 236 Å². The summed E-state index contributed by atoms with van der Waals surface area (Å²) in [7, 11) is 0. The number of carbonyl (C=O) groups is 1. The minimum Gasteiger partial charge on any atom is -0.394 e. The van der Waals surface area contributed by atoms with E-state index in [1.807, 2.05) is 6.08 Å². The Morgan fingerprint density at radius 2 is 0.684 bits per heavy atom. The van der Waals surface area contributed by atoms with Crippen LogP contribution in [0, 0.1) is 0 Å². The van der Waals surface area contributed by atoms with E-state index in [0.717, 1.165) is 38.5 Å². The van der Waals surface area contributed by atoms with Crippen LogP contribution in [0.1, 0.15) is 264 Å². The zero-order valence-corrected chi connectivity index (χ0v) is 38.4. The van der Waals surface area contributed by atoms with Gasteiger partial charge in [-0.25, -0.2) is 0 Å². The van der Waals surface area contributed by atoms with Crippen molar-refractivity contribution < 1.29 is 15.0 Å². The second kappa shape index (κ2) is 48.7. The third-order valence-corrected chi connectivity index (χ3v) is 11.5. The minimum atomic E-state index is -0.872. The van der Waals surface area contributed by atoms with Crippen molar-refractivity contribution in [2.24, 2.45) is 0 Å². The van der Waals surface area contributed by atoms with Crippen molar-refractivity contribution in [2.75, 3.05) is 6.61 Å². The summed E-state index contributed by atoms with van der Waals surface area (Å²) >= 11 is 0. The van der Waals surface area contributed by atoms with Crippen LogP contribution >= 0.6 is 0 Å². The summed E-state index contributed by atoms with van der Waals surface area (Å²) in [6.45, 7) is 4.31. The SMILES string of the molecule is CCCCCCCC/C=C\CCCCCCCCCCCC(=O)NC(CO)C(O)/C=C/CC/C=C/CC/C=C/CCCCCCCCCCCCCCCCCC. The van der Waals surface area contributed by atoms with Crippen molar-refractivity contribution in [3.63, 3.8) is 0 Å². The molecule has 0 radical (unpaired) electrons. The molecular weight excluding hydrogens is 699 g/mol. The number of aliphatic hydroxyl groups excluding tert-OH is 2. The Kier molecular flexibility index (Phi) is 47.3. The Morgan fingerprint density at radius 3 is 1.02 bits per heavy atom. The van der Waals surface area contributed by atoms with E-state index >= 15 is 0 Å². The fourth-order valence-electron chi connectivity index (χ4n) is 7.62. The fraction of sp³-hybridized carbons (Fsp3) is 0.830. The Balaban J connectivity index is 3.59. The van der Waals surface area contributed by atoms with E-state index in [4.69, 9.17) is 0 Å². The Labute approximate surface area is 356 Å². The van der Waals surface area contributed by atoms with E-state index in [9.17, 15) is 15.0 Å². The zero-order chi connectivity index (χ0) is 41.4. The first-order chi connectivity index (χ1) is 28.2. The lowest BCUT2D eigenvalue weighted by Gasteiger charge is -2.19. The molecule has 1 amide bonds. The summed E-state index contributed by atoms with van der Waals surface area (Å²) in [4.78, 5) is 12.4. The molecule has 0 spiro atoms. The summed E-state index contributed by atoms with van der Waals surface area (Å²) in [6.07, 6.45) is 66.8. The van der Waals surface area contributed by atoms with Crippen LogP contribution in [0.5, 0.6) is 0 Å². The Morgan fingerprint density at radius 1 is 0.404 bits per heavy atom. The van der Waals surface area contributed by atoms with Crippen molar-refractivity contribution >= 4 is 5.91 Å². The number of rotatable bonds is 46. The number of nitrogens with one attached hydrogen (secondary N) is 1. The molecule has 0 saturated carbocycles. The molecule has 0 bridgehead atoms. The first-order valence-corrected chi connectivity index (χ1v) is 25.4. The third-order valence-electron chi connectivity index (χ3n) is 11.5. The molecule has 0 aromatic carbocycles. The molecule has 0 aromatic heterocycles. The smallest absolute Gasteiger partial charge is 0.220 e. The quantitative estimate of drug-likeness (QED) is 0.0424. The topological polar surface area (TPSA) is 69.6 Å². The molecule has 4 nitrogen and oxygen atoms in total. The highest BCUT2D eigenvalue weighted by Gasteiger charge is 2.17.